The Bertz CT molecular complexity index is 650. The molecule has 1 unspecified atom stereocenters. The van der Waals surface area contributed by atoms with E-state index in [2.05, 4.69) is 24.3 Å². The zero-order chi connectivity index (χ0) is 15.2. The van der Waals surface area contributed by atoms with Crippen molar-refractivity contribution in [2.24, 2.45) is 0 Å². The Kier molecular flexibility index (Phi) is 5.10. The fraction of sp³-hybridized carbons (Fsp3) is 0.211. The van der Waals surface area contributed by atoms with Gasteiger partial charge in [0, 0.05) is 0 Å². The first-order valence-corrected chi connectivity index (χ1v) is 9.52. The van der Waals surface area contributed by atoms with Gasteiger partial charge < -0.3 is 0 Å². The van der Waals surface area contributed by atoms with Crippen molar-refractivity contribution < 1.29 is 9.53 Å². The third-order valence-corrected chi connectivity index (χ3v) is 5.96. The van der Waals surface area contributed by atoms with Crippen LogP contribution in [0.25, 0.3) is 0 Å². The predicted octanol–water partition coefficient (Wildman–Crippen LogP) is 3.38. The molecule has 0 spiro atoms. The van der Waals surface area contributed by atoms with Gasteiger partial charge in [0.15, 0.2) is 0 Å². The van der Waals surface area contributed by atoms with Gasteiger partial charge in [-0.3, -0.25) is 0 Å². The standard InChI is InChI=1S/C19H18O2Se/c20-19(15-7-3-1-4-8-15)13-16-11-12-17(21-16)14-22-18-9-5-2-6-10-18/h1-10,13,17H,11-12,14H2/b16-13-. The van der Waals surface area contributed by atoms with Crippen molar-refractivity contribution in [1.82, 2.24) is 0 Å². The topological polar surface area (TPSA) is 26.3 Å². The molecule has 112 valence electrons. The van der Waals surface area contributed by atoms with Crippen molar-refractivity contribution in [1.29, 1.82) is 0 Å². The summed E-state index contributed by atoms with van der Waals surface area (Å²) in [5.41, 5.74) is 0.718. The van der Waals surface area contributed by atoms with Crippen LogP contribution in [0, 0.1) is 0 Å². The number of ether oxygens (including phenoxy) is 1. The fourth-order valence-corrected chi connectivity index (χ4v) is 4.42. The molecular formula is C19H18O2Se. The van der Waals surface area contributed by atoms with Gasteiger partial charge in [-0.15, -0.1) is 0 Å². The second-order valence-electron chi connectivity index (χ2n) is 5.24. The van der Waals surface area contributed by atoms with Gasteiger partial charge in [-0.2, -0.15) is 0 Å². The van der Waals surface area contributed by atoms with Gasteiger partial charge in [0.25, 0.3) is 0 Å². The van der Waals surface area contributed by atoms with E-state index in [9.17, 15) is 4.79 Å². The monoisotopic (exact) mass is 358 g/mol. The molecule has 1 aliphatic heterocycles. The predicted molar refractivity (Wildman–Crippen MR) is 89.6 cm³/mol. The summed E-state index contributed by atoms with van der Waals surface area (Å²) in [5.74, 6) is 0.868. The van der Waals surface area contributed by atoms with E-state index in [4.69, 9.17) is 4.74 Å². The summed E-state index contributed by atoms with van der Waals surface area (Å²) >= 11 is 0.435. The molecule has 2 aromatic carbocycles. The summed E-state index contributed by atoms with van der Waals surface area (Å²) in [6.07, 6.45) is 3.80. The number of ketones is 1. The van der Waals surface area contributed by atoms with Gasteiger partial charge in [-0.25, -0.2) is 0 Å². The molecule has 1 fully saturated rings. The van der Waals surface area contributed by atoms with Crippen molar-refractivity contribution in [3.8, 4) is 0 Å². The number of hydrogen-bond donors (Lipinski definition) is 0. The first kappa shape index (κ1) is 15.1. The van der Waals surface area contributed by atoms with Crippen LogP contribution in [0.15, 0.2) is 72.5 Å². The maximum absolute atomic E-state index is 12.1. The molecule has 2 aromatic rings. The molecule has 2 nitrogen and oxygen atoms in total. The number of carbonyl (C=O) groups excluding carboxylic acids is 1. The van der Waals surface area contributed by atoms with E-state index in [1.165, 1.54) is 4.46 Å². The average molecular weight is 357 g/mol. The molecule has 0 aliphatic carbocycles. The summed E-state index contributed by atoms with van der Waals surface area (Å²) in [4.78, 5) is 12.1. The molecule has 22 heavy (non-hydrogen) atoms. The van der Waals surface area contributed by atoms with E-state index < -0.39 is 0 Å². The Morgan fingerprint density at radius 3 is 2.50 bits per heavy atom. The molecule has 1 aliphatic rings. The van der Waals surface area contributed by atoms with Crippen LogP contribution < -0.4 is 4.46 Å². The summed E-state index contributed by atoms with van der Waals surface area (Å²) in [6, 6.07) is 19.9. The summed E-state index contributed by atoms with van der Waals surface area (Å²) < 4.78 is 7.33. The Morgan fingerprint density at radius 1 is 1.09 bits per heavy atom. The van der Waals surface area contributed by atoms with Gasteiger partial charge in [-0.1, -0.05) is 0 Å². The zero-order valence-corrected chi connectivity index (χ0v) is 14.0. The van der Waals surface area contributed by atoms with Crippen LogP contribution >= 0.6 is 0 Å². The molecule has 0 radical (unpaired) electrons. The normalized spacial score (nSPS) is 19.1. The molecule has 1 atom stereocenters. The van der Waals surface area contributed by atoms with Gasteiger partial charge in [0.1, 0.15) is 0 Å². The van der Waals surface area contributed by atoms with Gasteiger partial charge >= 0.3 is 137 Å². The van der Waals surface area contributed by atoms with E-state index in [1.807, 2.05) is 36.4 Å². The van der Waals surface area contributed by atoms with Crippen LogP contribution in [0.2, 0.25) is 5.32 Å². The number of benzene rings is 2. The molecule has 0 aromatic heterocycles. The average Bonchev–Trinajstić information content (AvgIpc) is 3.02. The van der Waals surface area contributed by atoms with Crippen molar-refractivity contribution in [3.05, 3.63) is 78.1 Å². The maximum atomic E-state index is 12.1. The zero-order valence-electron chi connectivity index (χ0n) is 12.3. The molecule has 3 heteroatoms. The number of allylic oxidation sites excluding steroid dienone is 2. The van der Waals surface area contributed by atoms with Crippen LogP contribution in [0.3, 0.4) is 0 Å². The van der Waals surface area contributed by atoms with Gasteiger partial charge in [0.2, 0.25) is 0 Å². The molecule has 0 saturated carbocycles. The van der Waals surface area contributed by atoms with Gasteiger partial charge in [0.05, 0.1) is 0 Å². The molecular weight excluding hydrogens is 339 g/mol. The van der Waals surface area contributed by atoms with Crippen molar-refractivity contribution in [2.75, 3.05) is 0 Å². The summed E-state index contributed by atoms with van der Waals surface area (Å²) in [7, 11) is 0. The Balaban J connectivity index is 1.54. The second-order valence-corrected chi connectivity index (χ2v) is 7.54. The van der Waals surface area contributed by atoms with Crippen LogP contribution in [-0.4, -0.2) is 26.8 Å². The van der Waals surface area contributed by atoms with E-state index in [1.54, 1.807) is 6.08 Å². The molecule has 0 N–H and O–H groups in total. The minimum atomic E-state index is 0.0322. The van der Waals surface area contributed by atoms with Crippen molar-refractivity contribution in [3.63, 3.8) is 0 Å². The summed E-state index contributed by atoms with van der Waals surface area (Å²) in [6.45, 7) is 0. The van der Waals surface area contributed by atoms with Crippen LogP contribution in [-0.2, 0) is 4.74 Å². The Hall–Kier alpha value is -1.83. The SMILES string of the molecule is O=C(/C=C1/CCC(C[Se]c2ccccc2)O1)c1ccccc1. The number of rotatable bonds is 5. The van der Waals surface area contributed by atoms with E-state index in [0.717, 1.165) is 29.5 Å². The molecule has 1 heterocycles. The van der Waals surface area contributed by atoms with Gasteiger partial charge in [-0.05, 0) is 0 Å². The number of hydrogen-bond acceptors (Lipinski definition) is 2. The molecule has 0 bridgehead atoms. The first-order valence-electron chi connectivity index (χ1n) is 7.46. The first-order chi connectivity index (χ1) is 10.8. The molecule has 0 amide bonds. The molecule has 1 saturated heterocycles. The quantitative estimate of drug-likeness (QED) is 0.466. The summed E-state index contributed by atoms with van der Waals surface area (Å²) in [5, 5.41) is 1.06. The van der Waals surface area contributed by atoms with Crippen LogP contribution in [0.5, 0.6) is 0 Å². The van der Waals surface area contributed by atoms with E-state index in [0.29, 0.717) is 15.0 Å². The number of carbonyl (C=O) groups is 1. The third kappa shape index (κ3) is 4.09. The van der Waals surface area contributed by atoms with E-state index >= 15 is 0 Å². The van der Waals surface area contributed by atoms with Crippen molar-refractivity contribution in [2.45, 2.75) is 24.3 Å². The van der Waals surface area contributed by atoms with Crippen LogP contribution in [0.4, 0.5) is 0 Å². The minimum absolute atomic E-state index is 0.0322. The van der Waals surface area contributed by atoms with Crippen molar-refractivity contribution >= 4 is 25.2 Å². The fourth-order valence-electron chi connectivity index (χ4n) is 2.40. The van der Waals surface area contributed by atoms with Crippen LogP contribution in [0.1, 0.15) is 23.2 Å². The molecule has 3 rings (SSSR count). The van der Waals surface area contributed by atoms with E-state index in [-0.39, 0.29) is 11.9 Å². The Labute approximate surface area is 137 Å². The second kappa shape index (κ2) is 7.44. The Morgan fingerprint density at radius 2 is 1.77 bits per heavy atom. The third-order valence-electron chi connectivity index (χ3n) is 3.56.